The number of benzene rings is 1. The van der Waals surface area contributed by atoms with Gasteiger partial charge in [0.15, 0.2) is 0 Å². The Morgan fingerprint density at radius 2 is 1.95 bits per heavy atom. The lowest BCUT2D eigenvalue weighted by Gasteiger charge is -2.19. The van der Waals surface area contributed by atoms with Gasteiger partial charge in [-0.15, -0.1) is 0 Å². The Labute approximate surface area is 127 Å². The maximum atomic E-state index is 5.72. The third-order valence-electron chi connectivity index (χ3n) is 3.54. The Morgan fingerprint density at radius 1 is 1.19 bits per heavy atom. The van der Waals surface area contributed by atoms with Crippen LogP contribution in [0.25, 0.3) is 0 Å². The van der Waals surface area contributed by atoms with E-state index in [0.29, 0.717) is 0 Å². The van der Waals surface area contributed by atoms with Crippen LogP contribution >= 0.6 is 0 Å². The van der Waals surface area contributed by atoms with Gasteiger partial charge in [-0.1, -0.05) is 32.4 Å². The van der Waals surface area contributed by atoms with E-state index >= 15 is 0 Å². The zero-order valence-corrected chi connectivity index (χ0v) is 13.2. The summed E-state index contributed by atoms with van der Waals surface area (Å²) in [6, 6.07) is 10.6. The van der Waals surface area contributed by atoms with Crippen LogP contribution in [0.4, 0.5) is 0 Å². The summed E-state index contributed by atoms with van der Waals surface area (Å²) in [6.07, 6.45) is 4.08. The van der Waals surface area contributed by atoms with E-state index in [-0.39, 0.29) is 6.04 Å². The molecule has 0 aliphatic rings. The van der Waals surface area contributed by atoms with Crippen molar-refractivity contribution in [2.24, 2.45) is 7.05 Å². The van der Waals surface area contributed by atoms with Crippen molar-refractivity contribution >= 4 is 0 Å². The van der Waals surface area contributed by atoms with Gasteiger partial charge in [-0.05, 0) is 36.7 Å². The summed E-state index contributed by atoms with van der Waals surface area (Å²) in [7, 11) is 1.97. The number of nitrogens with zero attached hydrogens (tertiary/aromatic N) is 2. The second-order valence-corrected chi connectivity index (χ2v) is 5.14. The maximum Gasteiger partial charge on any atom is 0.119 e. The number of unbranched alkanes of at least 4 members (excludes halogenated alkanes) is 1. The molecular weight excluding hydrogens is 262 g/mol. The first-order valence-corrected chi connectivity index (χ1v) is 7.70. The molecule has 0 aliphatic heterocycles. The predicted octanol–water partition coefficient (Wildman–Crippen LogP) is 3.30. The minimum absolute atomic E-state index is 0.159. The maximum absolute atomic E-state index is 5.72. The fourth-order valence-corrected chi connectivity index (χ4v) is 2.36. The predicted molar refractivity (Wildman–Crippen MR) is 85.6 cm³/mol. The van der Waals surface area contributed by atoms with Crippen molar-refractivity contribution in [2.45, 2.75) is 32.7 Å². The molecule has 4 heteroatoms. The van der Waals surface area contributed by atoms with E-state index in [4.69, 9.17) is 4.74 Å². The lowest BCUT2D eigenvalue weighted by atomic mass is 10.0. The number of rotatable bonds is 8. The topological polar surface area (TPSA) is 39.1 Å². The van der Waals surface area contributed by atoms with E-state index in [1.807, 2.05) is 30.1 Å². The molecule has 0 amide bonds. The molecular formula is C17H25N3O. The summed E-state index contributed by atoms with van der Waals surface area (Å²) in [5.41, 5.74) is 2.39. The van der Waals surface area contributed by atoms with Gasteiger partial charge in [-0.2, -0.15) is 5.10 Å². The lowest BCUT2D eigenvalue weighted by Crippen LogP contribution is -2.24. The number of aryl methyl sites for hydroxylation is 1. The van der Waals surface area contributed by atoms with E-state index in [9.17, 15) is 0 Å². The van der Waals surface area contributed by atoms with Crippen molar-refractivity contribution in [3.63, 3.8) is 0 Å². The fourth-order valence-electron chi connectivity index (χ4n) is 2.36. The molecule has 2 aromatic rings. The van der Waals surface area contributed by atoms with Crippen molar-refractivity contribution in [3.05, 3.63) is 47.8 Å². The smallest absolute Gasteiger partial charge is 0.119 e. The largest absolute Gasteiger partial charge is 0.494 e. The van der Waals surface area contributed by atoms with Crippen LogP contribution in [0.5, 0.6) is 5.75 Å². The molecule has 2 rings (SSSR count). The number of nitrogens with one attached hydrogen (secondary N) is 1. The molecule has 0 saturated heterocycles. The van der Waals surface area contributed by atoms with Gasteiger partial charge in [-0.25, -0.2) is 0 Å². The molecule has 0 radical (unpaired) electrons. The van der Waals surface area contributed by atoms with Crippen LogP contribution < -0.4 is 10.1 Å². The highest BCUT2D eigenvalue weighted by Crippen LogP contribution is 2.23. The van der Waals surface area contributed by atoms with Crippen molar-refractivity contribution < 1.29 is 4.74 Å². The van der Waals surface area contributed by atoms with Crippen LogP contribution in [0.15, 0.2) is 36.5 Å². The van der Waals surface area contributed by atoms with Gasteiger partial charge in [0.05, 0.1) is 18.3 Å². The highest BCUT2D eigenvalue weighted by Gasteiger charge is 2.16. The highest BCUT2D eigenvalue weighted by atomic mass is 16.5. The number of aromatic nitrogens is 2. The first-order chi connectivity index (χ1) is 10.3. The van der Waals surface area contributed by atoms with E-state index in [1.165, 1.54) is 5.56 Å². The second kappa shape index (κ2) is 7.84. The Balaban J connectivity index is 2.12. The van der Waals surface area contributed by atoms with E-state index < -0.39 is 0 Å². The van der Waals surface area contributed by atoms with Crippen molar-refractivity contribution in [1.29, 1.82) is 0 Å². The van der Waals surface area contributed by atoms with E-state index in [0.717, 1.165) is 37.4 Å². The third kappa shape index (κ3) is 4.08. The molecule has 0 spiro atoms. The summed E-state index contributed by atoms with van der Waals surface area (Å²) in [5.74, 6) is 0.937. The quantitative estimate of drug-likeness (QED) is 0.757. The van der Waals surface area contributed by atoms with Gasteiger partial charge < -0.3 is 10.1 Å². The standard InChI is InChI=1S/C17H25N3O/c1-4-6-13-21-15-9-7-14(8-10-15)17(18-5-2)16-11-12-19-20(16)3/h7-12,17-18H,4-6,13H2,1-3H3. The van der Waals surface area contributed by atoms with Gasteiger partial charge in [-0.3, -0.25) is 4.68 Å². The zero-order valence-electron chi connectivity index (χ0n) is 13.2. The van der Waals surface area contributed by atoms with Crippen LogP contribution in [0.2, 0.25) is 0 Å². The van der Waals surface area contributed by atoms with Crippen molar-refractivity contribution in [1.82, 2.24) is 15.1 Å². The zero-order chi connectivity index (χ0) is 15.1. The SMILES string of the molecule is CCCCOc1ccc(C(NCC)c2ccnn2C)cc1. The summed E-state index contributed by atoms with van der Waals surface area (Å²) >= 11 is 0. The highest BCUT2D eigenvalue weighted by molar-refractivity contribution is 5.33. The molecule has 21 heavy (non-hydrogen) atoms. The summed E-state index contributed by atoms with van der Waals surface area (Å²) in [5, 5.41) is 7.78. The number of hydrogen-bond donors (Lipinski definition) is 1. The minimum Gasteiger partial charge on any atom is -0.494 e. The molecule has 114 valence electrons. The van der Waals surface area contributed by atoms with Crippen LogP contribution in [0.1, 0.15) is 44.0 Å². The molecule has 0 fully saturated rings. The summed E-state index contributed by atoms with van der Waals surface area (Å²) < 4.78 is 7.63. The molecule has 1 N–H and O–H groups in total. The Bertz CT molecular complexity index is 533. The molecule has 1 aromatic carbocycles. The Morgan fingerprint density at radius 3 is 2.52 bits per heavy atom. The van der Waals surface area contributed by atoms with Crippen LogP contribution in [0, 0.1) is 0 Å². The molecule has 1 atom stereocenters. The van der Waals surface area contributed by atoms with Crippen molar-refractivity contribution in [3.8, 4) is 5.75 Å². The van der Waals surface area contributed by atoms with Crippen LogP contribution in [0.3, 0.4) is 0 Å². The fraction of sp³-hybridized carbons (Fsp3) is 0.471. The monoisotopic (exact) mass is 287 g/mol. The number of ether oxygens (including phenoxy) is 1. The summed E-state index contributed by atoms with van der Waals surface area (Å²) in [6.45, 7) is 5.98. The first kappa shape index (κ1) is 15.6. The second-order valence-electron chi connectivity index (χ2n) is 5.14. The molecule has 0 aliphatic carbocycles. The molecule has 1 unspecified atom stereocenters. The Hall–Kier alpha value is -1.81. The molecule has 1 aromatic heterocycles. The van der Waals surface area contributed by atoms with E-state index in [1.54, 1.807) is 0 Å². The Kier molecular flexibility index (Phi) is 5.81. The van der Waals surface area contributed by atoms with Gasteiger partial charge >= 0.3 is 0 Å². The van der Waals surface area contributed by atoms with E-state index in [2.05, 4.69) is 42.5 Å². The molecule has 0 saturated carbocycles. The van der Waals surface area contributed by atoms with Gasteiger partial charge in [0, 0.05) is 13.2 Å². The average Bonchev–Trinajstić information content (AvgIpc) is 2.92. The minimum atomic E-state index is 0.159. The number of hydrogen-bond acceptors (Lipinski definition) is 3. The third-order valence-corrected chi connectivity index (χ3v) is 3.54. The average molecular weight is 287 g/mol. The summed E-state index contributed by atoms with van der Waals surface area (Å²) in [4.78, 5) is 0. The molecule has 4 nitrogen and oxygen atoms in total. The molecule has 0 bridgehead atoms. The van der Waals surface area contributed by atoms with Gasteiger partial charge in [0.25, 0.3) is 0 Å². The van der Waals surface area contributed by atoms with Crippen molar-refractivity contribution in [2.75, 3.05) is 13.2 Å². The van der Waals surface area contributed by atoms with Gasteiger partial charge in [0.1, 0.15) is 5.75 Å². The normalized spacial score (nSPS) is 12.3. The first-order valence-electron chi connectivity index (χ1n) is 7.70. The molecule has 1 heterocycles. The van der Waals surface area contributed by atoms with Crippen LogP contribution in [-0.2, 0) is 7.05 Å². The lowest BCUT2D eigenvalue weighted by molar-refractivity contribution is 0.309. The van der Waals surface area contributed by atoms with Gasteiger partial charge in [0.2, 0.25) is 0 Å². The van der Waals surface area contributed by atoms with Crippen LogP contribution in [-0.4, -0.2) is 22.9 Å².